The lowest BCUT2D eigenvalue weighted by Crippen LogP contribution is -2.67. The molecule has 67 heavy (non-hydrogen) atoms. The number of aromatic nitrogens is 3. The number of benzene rings is 1. The summed E-state index contributed by atoms with van der Waals surface area (Å²) in [4.78, 5) is 84.1. The first kappa shape index (κ1) is 49.2. The molecular formula is C49H65N9O8S. The smallest absolute Gasteiger partial charge is 0.355 e. The number of nitrogens with zero attached hydrogens (tertiary/aromatic N) is 7. The molecule has 2 fully saturated rings. The van der Waals surface area contributed by atoms with E-state index in [4.69, 9.17) is 19.4 Å². The average Bonchev–Trinajstić information content (AvgIpc) is 3.90. The largest absolute Gasteiger partial charge is 0.462 e. The maximum Gasteiger partial charge on any atom is 0.355 e. The van der Waals surface area contributed by atoms with Gasteiger partial charge in [0.1, 0.15) is 12.1 Å². The normalized spacial score (nSPS) is 22.2. The topological polar surface area (TPSA) is 192 Å². The van der Waals surface area contributed by atoms with Gasteiger partial charge in [-0.1, -0.05) is 40.3 Å². The monoisotopic (exact) mass is 939 g/mol. The lowest BCUT2D eigenvalue weighted by molar-refractivity contribution is -0.189. The van der Waals surface area contributed by atoms with Crippen molar-refractivity contribution in [3.8, 4) is 22.5 Å². The molecule has 2 saturated heterocycles. The summed E-state index contributed by atoms with van der Waals surface area (Å²) >= 11 is 1.35. The number of nitrogens with one attached hydrogen (secondary N) is 2. The number of amides is 5. The number of urea groups is 1. The zero-order chi connectivity index (χ0) is 48.5. The fourth-order valence-electron chi connectivity index (χ4n) is 9.68. The molecule has 18 heteroatoms. The third-order valence-electron chi connectivity index (χ3n) is 13.2. The number of thiazole rings is 1. The maximum atomic E-state index is 14.7. The van der Waals surface area contributed by atoms with Crippen LogP contribution in [0.3, 0.4) is 0 Å². The van der Waals surface area contributed by atoms with Crippen LogP contribution in [0.15, 0.2) is 54.6 Å². The van der Waals surface area contributed by atoms with E-state index in [0.717, 1.165) is 39.0 Å². The number of fused-ring (bicyclic) bond motifs is 6. The molecule has 3 aliphatic rings. The molecule has 17 nitrogen and oxygen atoms in total. The number of esters is 1. The number of pyridine rings is 1. The predicted octanol–water partition coefficient (Wildman–Crippen LogP) is 5.32. The predicted molar refractivity (Wildman–Crippen MR) is 255 cm³/mol. The van der Waals surface area contributed by atoms with Crippen LogP contribution in [-0.2, 0) is 48.0 Å². The molecule has 5 amide bonds. The molecule has 0 aliphatic carbocycles. The van der Waals surface area contributed by atoms with Crippen LogP contribution in [0, 0.1) is 11.3 Å². The Morgan fingerprint density at radius 2 is 1.93 bits per heavy atom. The van der Waals surface area contributed by atoms with Crippen molar-refractivity contribution in [1.29, 1.82) is 0 Å². The van der Waals surface area contributed by atoms with Crippen molar-refractivity contribution in [2.75, 3.05) is 46.9 Å². The van der Waals surface area contributed by atoms with Gasteiger partial charge in [0.25, 0.3) is 5.91 Å². The van der Waals surface area contributed by atoms with Crippen LogP contribution in [0.2, 0.25) is 0 Å². The maximum absolute atomic E-state index is 14.7. The van der Waals surface area contributed by atoms with E-state index in [9.17, 15) is 29.1 Å². The number of methoxy groups -OCH3 is 1. The molecular weight excluding hydrogens is 875 g/mol. The third-order valence-corrected chi connectivity index (χ3v) is 14.1. The molecule has 360 valence electrons. The summed E-state index contributed by atoms with van der Waals surface area (Å²) in [6.45, 7) is 18.8. The second-order valence-electron chi connectivity index (χ2n) is 19.1. The van der Waals surface area contributed by atoms with Crippen LogP contribution in [0.5, 0.6) is 0 Å². The molecule has 3 aromatic heterocycles. The van der Waals surface area contributed by atoms with Crippen molar-refractivity contribution in [2.45, 2.75) is 111 Å². The minimum absolute atomic E-state index is 0.0158. The number of hydrazine groups is 1. The van der Waals surface area contributed by atoms with E-state index in [0.29, 0.717) is 36.8 Å². The Labute approximate surface area is 396 Å². The Balaban J connectivity index is 1.27. The second-order valence-corrected chi connectivity index (χ2v) is 20.0. The van der Waals surface area contributed by atoms with Gasteiger partial charge in [-0.2, -0.15) is 5.43 Å². The third kappa shape index (κ3) is 9.98. The van der Waals surface area contributed by atoms with Gasteiger partial charge in [0, 0.05) is 105 Å². The quantitative estimate of drug-likeness (QED) is 0.146. The highest BCUT2D eigenvalue weighted by Gasteiger charge is 2.46. The van der Waals surface area contributed by atoms with E-state index in [2.05, 4.69) is 47.0 Å². The van der Waals surface area contributed by atoms with Gasteiger partial charge in [-0.3, -0.25) is 24.4 Å². The molecule has 0 unspecified atom stereocenters. The van der Waals surface area contributed by atoms with Gasteiger partial charge in [0.2, 0.25) is 17.5 Å². The summed E-state index contributed by atoms with van der Waals surface area (Å²) < 4.78 is 14.0. The van der Waals surface area contributed by atoms with Gasteiger partial charge in [-0.05, 0) is 75.4 Å². The molecule has 1 aromatic carbocycles. The summed E-state index contributed by atoms with van der Waals surface area (Å²) in [5, 5.41) is 19.5. The zero-order valence-corrected chi connectivity index (χ0v) is 40.9. The Kier molecular flexibility index (Phi) is 14.6. The van der Waals surface area contributed by atoms with E-state index >= 15 is 0 Å². The SMILES string of the molecule is C=CC(=O)N1CCN(C(=O)N(C)[C@H](C(=O)N[C@H]2Cc3nc(cs3)-c3ccc4c(c3)c(c(-c3cccnc3[C@H](C)OC)n4CC)CC(C)(C)COC(=O)[C@@]3(O)CCCN(N3)C2=O)C(C)C)[C@H](C)C1. The summed E-state index contributed by atoms with van der Waals surface area (Å²) in [5.74, 6) is -2.66. The molecule has 5 atom stereocenters. The van der Waals surface area contributed by atoms with E-state index in [1.807, 2.05) is 59.1 Å². The highest BCUT2D eigenvalue weighted by molar-refractivity contribution is 7.10. The van der Waals surface area contributed by atoms with Crippen LogP contribution in [0.4, 0.5) is 4.79 Å². The minimum Gasteiger partial charge on any atom is -0.462 e. The van der Waals surface area contributed by atoms with Gasteiger partial charge < -0.3 is 39.2 Å². The number of piperazine rings is 1. The van der Waals surface area contributed by atoms with Gasteiger partial charge in [-0.25, -0.2) is 14.6 Å². The number of carbonyl (C=O) groups is 5. The number of aliphatic hydroxyl groups is 1. The molecule has 0 radical (unpaired) electrons. The van der Waals surface area contributed by atoms with Gasteiger partial charge in [0.15, 0.2) is 0 Å². The first-order valence-corrected chi connectivity index (χ1v) is 24.0. The lowest BCUT2D eigenvalue weighted by Gasteiger charge is -2.43. The molecule has 0 spiro atoms. The summed E-state index contributed by atoms with van der Waals surface area (Å²) in [6.07, 6.45) is 3.44. The number of ether oxygens (including phenoxy) is 2. The van der Waals surface area contributed by atoms with Crippen molar-refractivity contribution in [3.05, 3.63) is 70.8 Å². The molecule has 4 aromatic rings. The molecule has 7 rings (SSSR count). The molecule has 0 saturated carbocycles. The van der Waals surface area contributed by atoms with Crippen molar-refractivity contribution >= 4 is 52.0 Å². The summed E-state index contributed by atoms with van der Waals surface area (Å²) in [7, 11) is 3.23. The van der Waals surface area contributed by atoms with E-state index in [1.54, 1.807) is 30.2 Å². The Morgan fingerprint density at radius 3 is 2.61 bits per heavy atom. The number of rotatable bonds is 9. The van der Waals surface area contributed by atoms with Gasteiger partial charge >= 0.3 is 12.0 Å². The first-order valence-electron chi connectivity index (χ1n) is 23.1. The Hall–Kier alpha value is -5.69. The number of hydrogen-bond acceptors (Lipinski definition) is 12. The van der Waals surface area contributed by atoms with Crippen molar-refractivity contribution in [1.82, 2.24) is 45.0 Å². The molecule has 6 bridgehead atoms. The van der Waals surface area contributed by atoms with Crippen molar-refractivity contribution in [3.63, 3.8) is 0 Å². The standard InChI is InChI=1S/C49H65N9O8S/c1-11-40(59)55-21-22-57(30(5)26-55)47(63)54(9)42(29(3)4)44(60)52-36-24-39-51-37(27-67-39)32-16-17-38-34(23-32)35(43(56(38)12-2)33-15-13-19-50-41(33)31(6)65-10)25-48(7,8)28-66-46(62)49(64)18-14-20-58(53-49)45(36)61/h11,13,15-17,19,23,27,29-31,36,42,53,64H,1,12,14,18,20-22,24-26,28H2,2-10H3,(H,52,60)/t30-,31+,36+,42+,49+/m1/s1. The molecule has 3 aliphatic heterocycles. The lowest BCUT2D eigenvalue weighted by atomic mass is 9.84. The van der Waals surface area contributed by atoms with Crippen molar-refractivity contribution < 1.29 is 38.6 Å². The Morgan fingerprint density at radius 1 is 1.16 bits per heavy atom. The molecule has 3 N–H and O–H groups in total. The second kappa shape index (κ2) is 19.9. The number of hydrogen-bond donors (Lipinski definition) is 3. The number of likely N-dealkylation sites (N-methyl/N-ethyl adjacent to an activating group) is 1. The highest BCUT2D eigenvalue weighted by atomic mass is 32.1. The number of cyclic esters (lactones) is 1. The average molecular weight is 940 g/mol. The van der Waals surface area contributed by atoms with Crippen LogP contribution >= 0.6 is 11.3 Å². The fraction of sp³-hybridized carbons (Fsp3) is 0.531. The van der Waals surface area contributed by atoms with Gasteiger partial charge in [0.05, 0.1) is 34.8 Å². The van der Waals surface area contributed by atoms with E-state index in [-0.39, 0.29) is 69.0 Å². The minimum atomic E-state index is -2.23. The summed E-state index contributed by atoms with van der Waals surface area (Å²) in [6, 6.07) is 7.32. The molecule has 6 heterocycles. The highest BCUT2D eigenvalue weighted by Crippen LogP contribution is 2.42. The van der Waals surface area contributed by atoms with E-state index in [1.165, 1.54) is 27.3 Å². The number of aryl methyl sites for hydroxylation is 1. The zero-order valence-electron chi connectivity index (χ0n) is 40.1. The van der Waals surface area contributed by atoms with Gasteiger partial charge in [-0.15, -0.1) is 11.3 Å². The van der Waals surface area contributed by atoms with Crippen molar-refractivity contribution in [2.24, 2.45) is 11.3 Å². The summed E-state index contributed by atoms with van der Waals surface area (Å²) in [5.41, 5.74) is 6.20. The Bertz CT molecular complexity index is 2540. The van der Waals surface area contributed by atoms with Crippen LogP contribution in [-0.4, -0.2) is 140 Å². The van der Waals surface area contributed by atoms with Crippen LogP contribution in [0.25, 0.3) is 33.4 Å². The van der Waals surface area contributed by atoms with Crippen LogP contribution in [0.1, 0.15) is 83.7 Å². The van der Waals surface area contributed by atoms with E-state index < -0.39 is 41.0 Å². The fourth-order valence-corrected chi connectivity index (χ4v) is 10.5. The number of carbonyl (C=O) groups excluding carboxylic acids is 5. The van der Waals surface area contributed by atoms with Crippen LogP contribution < -0.4 is 10.7 Å². The first-order chi connectivity index (χ1) is 31.8.